The van der Waals surface area contributed by atoms with Crippen LogP contribution in [-0.2, 0) is 0 Å². The standard InChI is InChI=1S/C19H22N6OS/c26-18(23-6-8-24(9-7-23)19-20-5-10-27-19)14-11-16-17(21-12-14)25(13-22-16)15-3-1-2-4-15/h5,10-13,15H,1-4,6-9H2. The molecule has 8 heteroatoms. The van der Waals surface area contributed by atoms with Gasteiger partial charge >= 0.3 is 0 Å². The second-order valence-corrected chi connectivity index (χ2v) is 8.12. The maximum atomic E-state index is 12.9. The Labute approximate surface area is 161 Å². The summed E-state index contributed by atoms with van der Waals surface area (Å²) in [7, 11) is 0. The van der Waals surface area contributed by atoms with Crippen LogP contribution < -0.4 is 4.90 Å². The number of carbonyl (C=O) groups is 1. The van der Waals surface area contributed by atoms with E-state index in [1.165, 1.54) is 25.7 Å². The summed E-state index contributed by atoms with van der Waals surface area (Å²) in [5.41, 5.74) is 2.34. The van der Waals surface area contributed by atoms with E-state index in [4.69, 9.17) is 0 Å². The summed E-state index contributed by atoms with van der Waals surface area (Å²) in [6, 6.07) is 2.39. The molecule has 1 saturated heterocycles. The van der Waals surface area contributed by atoms with Gasteiger partial charge in [-0.2, -0.15) is 0 Å². The normalized spacial score (nSPS) is 18.5. The van der Waals surface area contributed by atoms with Gasteiger partial charge in [0.25, 0.3) is 5.91 Å². The Kier molecular flexibility index (Phi) is 4.27. The topological polar surface area (TPSA) is 67.2 Å². The van der Waals surface area contributed by atoms with Gasteiger partial charge in [-0.1, -0.05) is 12.8 Å². The number of nitrogens with zero attached hydrogens (tertiary/aromatic N) is 6. The van der Waals surface area contributed by atoms with Crippen molar-refractivity contribution in [2.45, 2.75) is 31.7 Å². The molecule has 0 radical (unpaired) electrons. The number of rotatable bonds is 3. The molecule has 0 N–H and O–H groups in total. The highest BCUT2D eigenvalue weighted by Crippen LogP contribution is 2.31. The third-order valence-corrected chi connectivity index (χ3v) is 6.47. The van der Waals surface area contributed by atoms with Crippen LogP contribution in [-0.4, -0.2) is 56.5 Å². The zero-order valence-electron chi connectivity index (χ0n) is 15.1. The number of anilines is 1. The largest absolute Gasteiger partial charge is 0.345 e. The van der Waals surface area contributed by atoms with Crippen molar-refractivity contribution in [1.82, 2.24) is 24.4 Å². The van der Waals surface area contributed by atoms with E-state index in [2.05, 4.69) is 24.4 Å². The molecule has 1 amide bonds. The molecule has 0 spiro atoms. The fourth-order valence-electron chi connectivity index (χ4n) is 4.14. The Morgan fingerprint density at radius 1 is 1.07 bits per heavy atom. The number of imidazole rings is 1. The van der Waals surface area contributed by atoms with Crippen LogP contribution in [0.25, 0.3) is 11.2 Å². The van der Waals surface area contributed by atoms with Crippen LogP contribution >= 0.6 is 11.3 Å². The first-order valence-electron chi connectivity index (χ1n) is 9.56. The number of hydrogen-bond acceptors (Lipinski definition) is 6. The molecule has 0 unspecified atom stereocenters. The first-order valence-corrected chi connectivity index (χ1v) is 10.4. The van der Waals surface area contributed by atoms with Crippen molar-refractivity contribution in [1.29, 1.82) is 0 Å². The molecular weight excluding hydrogens is 360 g/mol. The molecule has 0 aromatic carbocycles. The Bertz CT molecular complexity index is 938. The summed E-state index contributed by atoms with van der Waals surface area (Å²) in [4.78, 5) is 30.5. The van der Waals surface area contributed by atoms with Crippen molar-refractivity contribution in [3.05, 3.63) is 35.7 Å². The molecule has 1 saturated carbocycles. The number of amides is 1. The molecule has 1 aliphatic heterocycles. The molecule has 27 heavy (non-hydrogen) atoms. The fraction of sp³-hybridized carbons (Fsp3) is 0.474. The van der Waals surface area contributed by atoms with Gasteiger partial charge in [0.05, 0.1) is 11.9 Å². The van der Waals surface area contributed by atoms with Gasteiger partial charge in [0.1, 0.15) is 5.52 Å². The molecule has 7 nitrogen and oxygen atoms in total. The Morgan fingerprint density at radius 2 is 1.89 bits per heavy atom. The van der Waals surface area contributed by atoms with Crippen LogP contribution in [0.15, 0.2) is 30.2 Å². The van der Waals surface area contributed by atoms with Crippen molar-refractivity contribution in [3.8, 4) is 0 Å². The number of carbonyl (C=O) groups excluding carboxylic acids is 1. The number of fused-ring (bicyclic) bond motifs is 1. The van der Waals surface area contributed by atoms with E-state index in [0.29, 0.717) is 24.7 Å². The van der Waals surface area contributed by atoms with Crippen LogP contribution in [0.1, 0.15) is 42.1 Å². The molecule has 0 atom stereocenters. The number of hydrogen-bond donors (Lipinski definition) is 0. The predicted octanol–water partition coefficient (Wildman–Crippen LogP) is 2.97. The highest BCUT2D eigenvalue weighted by atomic mass is 32.1. The van der Waals surface area contributed by atoms with Crippen molar-refractivity contribution in [3.63, 3.8) is 0 Å². The van der Waals surface area contributed by atoms with E-state index in [9.17, 15) is 4.79 Å². The maximum absolute atomic E-state index is 12.9. The summed E-state index contributed by atoms with van der Waals surface area (Å²) in [5.74, 6) is 0.0404. The van der Waals surface area contributed by atoms with E-state index in [0.717, 1.165) is 29.4 Å². The van der Waals surface area contributed by atoms with Crippen LogP contribution in [0, 0.1) is 0 Å². The molecule has 4 heterocycles. The van der Waals surface area contributed by atoms with Gasteiger partial charge in [-0.25, -0.2) is 15.0 Å². The zero-order valence-corrected chi connectivity index (χ0v) is 15.9. The number of aromatic nitrogens is 4. The average molecular weight is 382 g/mol. The fourth-order valence-corrected chi connectivity index (χ4v) is 4.84. The van der Waals surface area contributed by atoms with Gasteiger partial charge in [-0.05, 0) is 18.9 Å². The lowest BCUT2D eigenvalue weighted by Gasteiger charge is -2.34. The van der Waals surface area contributed by atoms with Crippen LogP contribution in [0.4, 0.5) is 5.13 Å². The van der Waals surface area contributed by atoms with Gasteiger partial charge in [-0.3, -0.25) is 4.79 Å². The SMILES string of the molecule is O=C(c1cnc2c(c1)ncn2C1CCCC1)N1CCN(c2nccs2)CC1. The Morgan fingerprint density at radius 3 is 2.63 bits per heavy atom. The van der Waals surface area contributed by atoms with Crippen molar-refractivity contribution < 1.29 is 4.79 Å². The first-order chi connectivity index (χ1) is 13.3. The molecule has 3 aromatic heterocycles. The number of pyridine rings is 1. The number of thiazole rings is 1. The Hall–Kier alpha value is -2.48. The Balaban J connectivity index is 1.31. The lowest BCUT2D eigenvalue weighted by molar-refractivity contribution is 0.0746. The van der Waals surface area contributed by atoms with E-state index < -0.39 is 0 Å². The van der Waals surface area contributed by atoms with E-state index in [1.807, 2.05) is 28.9 Å². The third-order valence-electron chi connectivity index (χ3n) is 5.63. The van der Waals surface area contributed by atoms with E-state index in [-0.39, 0.29) is 5.91 Å². The molecule has 140 valence electrons. The van der Waals surface area contributed by atoms with Gasteiger partial charge in [-0.15, -0.1) is 11.3 Å². The van der Waals surface area contributed by atoms with Gasteiger partial charge in [0.2, 0.25) is 0 Å². The minimum atomic E-state index is 0.0404. The molecule has 2 fully saturated rings. The smallest absolute Gasteiger partial charge is 0.255 e. The van der Waals surface area contributed by atoms with Gasteiger partial charge in [0.15, 0.2) is 10.8 Å². The van der Waals surface area contributed by atoms with E-state index >= 15 is 0 Å². The van der Waals surface area contributed by atoms with Crippen molar-refractivity contribution in [2.75, 3.05) is 31.1 Å². The summed E-state index contributed by atoms with van der Waals surface area (Å²) < 4.78 is 2.18. The van der Waals surface area contributed by atoms with Gasteiger partial charge in [0, 0.05) is 50.0 Å². The lowest BCUT2D eigenvalue weighted by Crippen LogP contribution is -2.48. The van der Waals surface area contributed by atoms with Crippen molar-refractivity contribution in [2.24, 2.45) is 0 Å². The lowest BCUT2D eigenvalue weighted by atomic mass is 10.2. The van der Waals surface area contributed by atoms with E-state index in [1.54, 1.807) is 17.5 Å². The number of piperazine rings is 1. The predicted molar refractivity (Wildman–Crippen MR) is 105 cm³/mol. The molecule has 5 rings (SSSR count). The molecule has 0 bridgehead atoms. The quantitative estimate of drug-likeness (QED) is 0.697. The monoisotopic (exact) mass is 382 g/mol. The zero-order chi connectivity index (χ0) is 18.2. The molecule has 2 aliphatic rings. The maximum Gasteiger partial charge on any atom is 0.255 e. The first kappa shape index (κ1) is 16.7. The summed E-state index contributed by atoms with van der Waals surface area (Å²) in [6.07, 6.45) is 10.3. The van der Waals surface area contributed by atoms with Crippen LogP contribution in [0.5, 0.6) is 0 Å². The summed E-state index contributed by atoms with van der Waals surface area (Å²) in [6.45, 7) is 3.02. The highest BCUT2D eigenvalue weighted by Gasteiger charge is 2.25. The molecular formula is C19H22N6OS. The van der Waals surface area contributed by atoms with Crippen molar-refractivity contribution >= 4 is 33.5 Å². The second kappa shape index (κ2) is 6.92. The molecule has 1 aliphatic carbocycles. The molecule has 3 aromatic rings. The summed E-state index contributed by atoms with van der Waals surface area (Å²) >= 11 is 1.64. The average Bonchev–Trinajstić information content (AvgIpc) is 3.48. The van der Waals surface area contributed by atoms with Gasteiger partial charge < -0.3 is 14.4 Å². The minimum absolute atomic E-state index is 0.0404. The minimum Gasteiger partial charge on any atom is -0.345 e. The highest BCUT2D eigenvalue weighted by molar-refractivity contribution is 7.13. The van der Waals surface area contributed by atoms with Crippen LogP contribution in [0.3, 0.4) is 0 Å². The summed E-state index contributed by atoms with van der Waals surface area (Å²) in [5, 5.41) is 3.01. The second-order valence-electron chi connectivity index (χ2n) is 7.25. The van der Waals surface area contributed by atoms with Crippen LogP contribution in [0.2, 0.25) is 0 Å². The third kappa shape index (κ3) is 3.07.